The van der Waals surface area contributed by atoms with Crippen molar-refractivity contribution >= 4 is 11.3 Å². The van der Waals surface area contributed by atoms with E-state index in [2.05, 4.69) is 28.6 Å². The van der Waals surface area contributed by atoms with Crippen molar-refractivity contribution in [2.24, 2.45) is 5.92 Å². The van der Waals surface area contributed by atoms with Gasteiger partial charge >= 0.3 is 0 Å². The Labute approximate surface area is 111 Å². The van der Waals surface area contributed by atoms with E-state index in [9.17, 15) is 5.11 Å². The molecule has 0 saturated heterocycles. The van der Waals surface area contributed by atoms with Crippen LogP contribution in [0.2, 0.25) is 0 Å². The molecule has 1 aliphatic rings. The highest BCUT2D eigenvalue weighted by atomic mass is 32.1. The topological polar surface area (TPSA) is 33.1 Å². The number of rotatable bonds is 2. The molecular formula is C15H17NOS. The van der Waals surface area contributed by atoms with Crippen LogP contribution in [0.25, 0.3) is 0 Å². The van der Waals surface area contributed by atoms with Crippen molar-refractivity contribution in [2.75, 3.05) is 0 Å². The van der Waals surface area contributed by atoms with Crippen molar-refractivity contribution in [2.45, 2.75) is 32.3 Å². The summed E-state index contributed by atoms with van der Waals surface area (Å²) in [5, 5.41) is 13.7. The van der Waals surface area contributed by atoms with Crippen LogP contribution < -0.4 is 0 Å². The monoisotopic (exact) mass is 259 g/mol. The molecule has 1 heterocycles. The molecule has 18 heavy (non-hydrogen) atoms. The number of thiazole rings is 1. The van der Waals surface area contributed by atoms with E-state index >= 15 is 0 Å². The molecule has 2 unspecified atom stereocenters. The molecule has 1 aromatic carbocycles. The summed E-state index contributed by atoms with van der Waals surface area (Å²) in [5.41, 5.74) is 3.50. The predicted molar refractivity (Wildman–Crippen MR) is 73.8 cm³/mol. The molecule has 1 N–H and O–H groups in total. The predicted octanol–water partition coefficient (Wildman–Crippen LogP) is 3.29. The molecule has 0 radical (unpaired) electrons. The van der Waals surface area contributed by atoms with Crippen molar-refractivity contribution in [3.8, 4) is 0 Å². The number of aliphatic hydroxyl groups excluding tert-OH is 1. The van der Waals surface area contributed by atoms with Gasteiger partial charge in [0.2, 0.25) is 0 Å². The highest BCUT2D eigenvalue weighted by Gasteiger charge is 2.28. The van der Waals surface area contributed by atoms with Gasteiger partial charge in [-0.1, -0.05) is 24.3 Å². The molecule has 2 atom stereocenters. The highest BCUT2D eigenvalue weighted by molar-refractivity contribution is 7.09. The lowest BCUT2D eigenvalue weighted by molar-refractivity contribution is 0.0936. The minimum absolute atomic E-state index is 0.311. The van der Waals surface area contributed by atoms with E-state index in [-0.39, 0.29) is 6.10 Å². The fraction of sp³-hybridized carbons (Fsp3) is 0.400. The minimum Gasteiger partial charge on any atom is -0.388 e. The van der Waals surface area contributed by atoms with Crippen LogP contribution in [0.5, 0.6) is 0 Å². The lowest BCUT2D eigenvalue weighted by Gasteiger charge is -2.29. The molecule has 0 saturated carbocycles. The van der Waals surface area contributed by atoms with E-state index < -0.39 is 0 Å². The van der Waals surface area contributed by atoms with Crippen LogP contribution >= 0.6 is 11.3 Å². The Balaban J connectivity index is 1.80. The Morgan fingerprint density at radius 1 is 1.39 bits per heavy atom. The second-order valence-corrected chi connectivity index (χ2v) is 5.97. The fourth-order valence-electron chi connectivity index (χ4n) is 2.74. The van der Waals surface area contributed by atoms with E-state index in [0.29, 0.717) is 5.92 Å². The molecule has 3 heteroatoms. The zero-order valence-corrected chi connectivity index (χ0v) is 11.3. The molecule has 0 aliphatic heterocycles. The van der Waals surface area contributed by atoms with Gasteiger partial charge in [0.15, 0.2) is 0 Å². The lowest BCUT2D eigenvalue weighted by atomic mass is 9.80. The van der Waals surface area contributed by atoms with Crippen molar-refractivity contribution in [3.05, 3.63) is 51.5 Å². The summed E-state index contributed by atoms with van der Waals surface area (Å²) >= 11 is 1.70. The van der Waals surface area contributed by atoms with Gasteiger partial charge in [0.25, 0.3) is 0 Å². The van der Waals surface area contributed by atoms with Crippen LogP contribution in [0.15, 0.2) is 29.6 Å². The molecule has 2 aromatic rings. The first-order chi connectivity index (χ1) is 8.74. The van der Waals surface area contributed by atoms with Crippen molar-refractivity contribution in [1.29, 1.82) is 0 Å². The molecule has 94 valence electrons. The Morgan fingerprint density at radius 3 is 3.00 bits per heavy atom. The molecule has 0 spiro atoms. The second-order valence-electron chi connectivity index (χ2n) is 5.03. The third-order valence-electron chi connectivity index (χ3n) is 3.71. The average molecular weight is 259 g/mol. The smallest absolute Gasteiger partial charge is 0.0931 e. The summed E-state index contributed by atoms with van der Waals surface area (Å²) in [4.78, 5) is 4.50. The first kappa shape index (κ1) is 11.9. The van der Waals surface area contributed by atoms with E-state index in [4.69, 9.17) is 0 Å². The Morgan fingerprint density at radius 2 is 2.22 bits per heavy atom. The van der Waals surface area contributed by atoms with Gasteiger partial charge in [0.1, 0.15) is 0 Å². The SMILES string of the molecule is Cc1csc(CC2CCc3ccccc3C2O)n1. The molecule has 0 amide bonds. The fourth-order valence-corrected chi connectivity index (χ4v) is 3.60. The molecule has 1 aromatic heterocycles. The van der Waals surface area contributed by atoms with Crippen LogP contribution in [-0.4, -0.2) is 10.1 Å². The first-order valence-electron chi connectivity index (χ1n) is 6.41. The second kappa shape index (κ2) is 4.82. The zero-order chi connectivity index (χ0) is 12.5. The molecule has 2 nitrogen and oxygen atoms in total. The molecule has 0 fully saturated rings. The third-order valence-corrected chi connectivity index (χ3v) is 4.70. The van der Waals surface area contributed by atoms with Crippen LogP contribution in [-0.2, 0) is 12.8 Å². The normalized spacial score (nSPS) is 22.8. The van der Waals surface area contributed by atoms with E-state index in [0.717, 1.165) is 35.5 Å². The largest absolute Gasteiger partial charge is 0.388 e. The summed E-state index contributed by atoms with van der Waals surface area (Å²) in [5.74, 6) is 0.311. The zero-order valence-electron chi connectivity index (χ0n) is 10.5. The number of nitrogens with zero attached hydrogens (tertiary/aromatic N) is 1. The third kappa shape index (κ3) is 2.20. The summed E-state index contributed by atoms with van der Waals surface area (Å²) in [7, 11) is 0. The summed E-state index contributed by atoms with van der Waals surface area (Å²) < 4.78 is 0. The summed E-state index contributed by atoms with van der Waals surface area (Å²) in [6.45, 7) is 2.02. The first-order valence-corrected chi connectivity index (χ1v) is 7.29. The summed E-state index contributed by atoms with van der Waals surface area (Å²) in [6, 6.07) is 8.25. The standard InChI is InChI=1S/C15H17NOS/c1-10-9-18-14(16-10)8-12-7-6-11-4-2-3-5-13(11)15(12)17/h2-5,9,12,15,17H,6-8H2,1H3. The van der Waals surface area contributed by atoms with Crippen LogP contribution in [0.3, 0.4) is 0 Å². The number of hydrogen-bond acceptors (Lipinski definition) is 3. The Hall–Kier alpha value is -1.19. The number of hydrogen-bond donors (Lipinski definition) is 1. The maximum Gasteiger partial charge on any atom is 0.0931 e. The number of benzene rings is 1. The molecule has 1 aliphatic carbocycles. The van der Waals surface area contributed by atoms with Crippen molar-refractivity contribution in [1.82, 2.24) is 4.98 Å². The maximum atomic E-state index is 10.5. The van der Waals surface area contributed by atoms with Gasteiger partial charge in [-0.25, -0.2) is 4.98 Å². The van der Waals surface area contributed by atoms with E-state index in [1.165, 1.54) is 5.56 Å². The van der Waals surface area contributed by atoms with Crippen LogP contribution in [0, 0.1) is 12.8 Å². The van der Waals surface area contributed by atoms with Gasteiger partial charge in [-0.15, -0.1) is 11.3 Å². The van der Waals surface area contributed by atoms with Gasteiger partial charge in [-0.2, -0.15) is 0 Å². The number of fused-ring (bicyclic) bond motifs is 1. The quantitative estimate of drug-likeness (QED) is 0.897. The lowest BCUT2D eigenvalue weighted by Crippen LogP contribution is -2.22. The van der Waals surface area contributed by atoms with E-state index in [1.807, 2.05) is 13.0 Å². The molecular weight excluding hydrogens is 242 g/mol. The molecule has 0 bridgehead atoms. The average Bonchev–Trinajstić information content (AvgIpc) is 2.79. The number of aliphatic hydroxyl groups is 1. The number of aryl methyl sites for hydroxylation is 2. The summed E-state index contributed by atoms with van der Waals surface area (Å²) in [6.07, 6.45) is 2.69. The van der Waals surface area contributed by atoms with Crippen LogP contribution in [0.1, 0.15) is 34.4 Å². The minimum atomic E-state index is -0.334. The van der Waals surface area contributed by atoms with E-state index in [1.54, 1.807) is 11.3 Å². The van der Waals surface area contributed by atoms with Crippen molar-refractivity contribution < 1.29 is 5.11 Å². The van der Waals surface area contributed by atoms with Crippen LogP contribution in [0.4, 0.5) is 0 Å². The van der Waals surface area contributed by atoms with Gasteiger partial charge in [-0.3, -0.25) is 0 Å². The Bertz CT molecular complexity index is 549. The van der Waals surface area contributed by atoms with Crippen molar-refractivity contribution in [3.63, 3.8) is 0 Å². The maximum absolute atomic E-state index is 10.5. The van der Waals surface area contributed by atoms with Gasteiger partial charge in [0, 0.05) is 17.5 Å². The van der Waals surface area contributed by atoms with Gasteiger partial charge in [0.05, 0.1) is 11.1 Å². The highest BCUT2D eigenvalue weighted by Crippen LogP contribution is 2.36. The number of aromatic nitrogens is 1. The molecule has 3 rings (SSSR count). The van der Waals surface area contributed by atoms with Gasteiger partial charge in [-0.05, 0) is 36.8 Å². The Kier molecular flexibility index (Phi) is 3.18. The van der Waals surface area contributed by atoms with Gasteiger partial charge < -0.3 is 5.11 Å².